The smallest absolute Gasteiger partial charge is 0.294 e. The molecule has 2 N–H and O–H groups in total. The molecule has 8 nitrogen and oxygen atoms in total. The van der Waals surface area contributed by atoms with E-state index in [4.69, 9.17) is 4.74 Å². The summed E-state index contributed by atoms with van der Waals surface area (Å²) in [4.78, 5) is 51.0. The lowest BCUT2D eigenvalue weighted by atomic mass is 10.2. The number of para-hydroxylation sites is 2. The molecule has 0 atom stereocenters. The number of carbonyl (C=O) groups is 4. The number of anilines is 2. The summed E-state index contributed by atoms with van der Waals surface area (Å²) in [5, 5.41) is 4.88. The SMILES string of the molecule is O=C(COc1ccccc1/C=C1/SC(=O)N(CC(=O)Nc2ccc(I)cc2)C1=O)Nc1ccccc1. The molecule has 10 heteroatoms. The van der Waals surface area contributed by atoms with E-state index in [1.807, 2.05) is 30.3 Å². The zero-order valence-electron chi connectivity index (χ0n) is 18.8. The lowest BCUT2D eigenvalue weighted by Crippen LogP contribution is -2.36. The van der Waals surface area contributed by atoms with Crippen LogP contribution in [0.4, 0.5) is 16.2 Å². The summed E-state index contributed by atoms with van der Waals surface area (Å²) in [6.07, 6.45) is 1.52. The zero-order valence-corrected chi connectivity index (χ0v) is 21.7. The van der Waals surface area contributed by atoms with Crippen LogP contribution in [0.5, 0.6) is 5.75 Å². The van der Waals surface area contributed by atoms with Gasteiger partial charge in [0.15, 0.2) is 6.61 Å². The van der Waals surface area contributed by atoms with E-state index < -0.39 is 23.6 Å². The lowest BCUT2D eigenvalue weighted by molar-refractivity contribution is -0.127. The Morgan fingerprint density at radius 3 is 2.25 bits per heavy atom. The fourth-order valence-corrected chi connectivity index (χ4v) is 4.44. The van der Waals surface area contributed by atoms with Crippen molar-refractivity contribution < 1.29 is 23.9 Å². The molecule has 0 aliphatic carbocycles. The summed E-state index contributed by atoms with van der Waals surface area (Å²) in [5.74, 6) is -1.01. The maximum Gasteiger partial charge on any atom is 0.294 e. The number of nitrogens with zero attached hydrogens (tertiary/aromatic N) is 1. The minimum Gasteiger partial charge on any atom is -0.483 e. The van der Waals surface area contributed by atoms with Crippen molar-refractivity contribution in [2.24, 2.45) is 0 Å². The zero-order chi connectivity index (χ0) is 25.5. The van der Waals surface area contributed by atoms with Crippen molar-refractivity contribution >= 4 is 74.8 Å². The first-order valence-corrected chi connectivity index (χ1v) is 12.7. The highest BCUT2D eigenvalue weighted by molar-refractivity contribution is 14.1. The van der Waals surface area contributed by atoms with E-state index >= 15 is 0 Å². The Kier molecular flexibility index (Phi) is 8.39. The second-order valence-corrected chi connectivity index (χ2v) is 9.80. The highest BCUT2D eigenvalue weighted by Crippen LogP contribution is 2.34. The number of thioether (sulfide) groups is 1. The Morgan fingerprint density at radius 2 is 1.50 bits per heavy atom. The van der Waals surface area contributed by atoms with E-state index in [1.54, 1.807) is 48.5 Å². The standard InChI is InChI=1S/C26H20IN3O5S/c27-18-10-12-20(13-11-18)28-23(31)15-30-25(33)22(36-26(30)34)14-17-6-4-5-9-21(17)35-16-24(32)29-19-7-2-1-3-8-19/h1-14H,15-16H2,(H,28,31)(H,29,32)/b22-14+. The fraction of sp³-hybridized carbons (Fsp3) is 0.0769. The molecular weight excluding hydrogens is 593 g/mol. The number of imide groups is 1. The molecule has 1 heterocycles. The van der Waals surface area contributed by atoms with Crippen molar-refractivity contribution in [1.82, 2.24) is 4.90 Å². The van der Waals surface area contributed by atoms with Crippen molar-refractivity contribution in [3.05, 3.63) is 92.9 Å². The molecule has 3 aromatic carbocycles. The van der Waals surface area contributed by atoms with Crippen molar-refractivity contribution in [2.45, 2.75) is 0 Å². The second-order valence-electron chi connectivity index (χ2n) is 7.56. The topological polar surface area (TPSA) is 105 Å². The molecule has 1 aliphatic rings. The Hall–Kier alpha value is -3.64. The van der Waals surface area contributed by atoms with Crippen molar-refractivity contribution in [1.29, 1.82) is 0 Å². The lowest BCUT2D eigenvalue weighted by Gasteiger charge is -2.12. The number of ether oxygens (including phenoxy) is 1. The molecule has 182 valence electrons. The van der Waals surface area contributed by atoms with E-state index in [-0.39, 0.29) is 17.4 Å². The first-order valence-electron chi connectivity index (χ1n) is 10.8. The molecule has 0 spiro atoms. The summed E-state index contributed by atoms with van der Waals surface area (Å²) in [7, 11) is 0. The van der Waals surface area contributed by atoms with Gasteiger partial charge in [0.05, 0.1) is 4.91 Å². The molecule has 0 unspecified atom stereocenters. The normalized spacial score (nSPS) is 14.1. The minimum atomic E-state index is -0.570. The van der Waals surface area contributed by atoms with Gasteiger partial charge in [-0.3, -0.25) is 24.1 Å². The number of hydrogen-bond acceptors (Lipinski definition) is 6. The molecule has 36 heavy (non-hydrogen) atoms. The molecular formula is C26H20IN3O5S. The van der Waals surface area contributed by atoms with Crippen LogP contribution in [0.1, 0.15) is 5.56 Å². The van der Waals surface area contributed by atoms with Crippen LogP contribution in [0, 0.1) is 3.57 Å². The van der Waals surface area contributed by atoms with Crippen LogP contribution in [-0.2, 0) is 14.4 Å². The van der Waals surface area contributed by atoms with Gasteiger partial charge in [0.25, 0.3) is 17.1 Å². The van der Waals surface area contributed by atoms with Crippen molar-refractivity contribution in [2.75, 3.05) is 23.8 Å². The third-order valence-corrected chi connectivity index (χ3v) is 6.55. The van der Waals surface area contributed by atoms with Crippen molar-refractivity contribution in [3.8, 4) is 5.75 Å². The molecule has 0 aromatic heterocycles. The van der Waals surface area contributed by atoms with Gasteiger partial charge < -0.3 is 15.4 Å². The number of halogens is 1. The first-order chi connectivity index (χ1) is 17.4. The quantitative estimate of drug-likeness (QED) is 0.274. The molecule has 0 radical (unpaired) electrons. The summed E-state index contributed by atoms with van der Waals surface area (Å²) in [5.41, 5.74) is 1.75. The third kappa shape index (κ3) is 6.73. The van der Waals surface area contributed by atoms with Crippen LogP contribution < -0.4 is 15.4 Å². The van der Waals surface area contributed by atoms with Crippen LogP contribution in [0.15, 0.2) is 83.8 Å². The summed E-state index contributed by atoms with van der Waals surface area (Å²) in [6.45, 7) is -0.633. The summed E-state index contributed by atoms with van der Waals surface area (Å²) < 4.78 is 6.69. The number of nitrogens with one attached hydrogen (secondary N) is 2. The Balaban J connectivity index is 1.39. The van der Waals surface area contributed by atoms with Crippen LogP contribution >= 0.6 is 34.4 Å². The maximum atomic E-state index is 12.9. The average Bonchev–Trinajstić information content (AvgIpc) is 3.13. The minimum absolute atomic E-state index is 0.159. The van der Waals surface area contributed by atoms with Crippen LogP contribution in [-0.4, -0.2) is 41.0 Å². The van der Waals surface area contributed by atoms with Gasteiger partial charge in [-0.15, -0.1) is 0 Å². The van der Waals surface area contributed by atoms with Crippen LogP contribution in [0.25, 0.3) is 6.08 Å². The highest BCUT2D eigenvalue weighted by atomic mass is 127. The van der Waals surface area contributed by atoms with Gasteiger partial charge in [0.1, 0.15) is 12.3 Å². The first kappa shape index (κ1) is 25.5. The molecule has 3 aromatic rings. The van der Waals surface area contributed by atoms with Crippen LogP contribution in [0.2, 0.25) is 0 Å². The van der Waals surface area contributed by atoms with Gasteiger partial charge in [-0.05, 0) is 82.9 Å². The van der Waals surface area contributed by atoms with Gasteiger partial charge >= 0.3 is 0 Å². The average molecular weight is 613 g/mol. The largest absolute Gasteiger partial charge is 0.483 e. The van der Waals surface area contributed by atoms with Gasteiger partial charge in [0, 0.05) is 20.5 Å². The Labute approximate surface area is 225 Å². The van der Waals surface area contributed by atoms with Gasteiger partial charge in [-0.25, -0.2) is 0 Å². The monoisotopic (exact) mass is 613 g/mol. The summed E-state index contributed by atoms with van der Waals surface area (Å²) >= 11 is 2.90. The van der Waals surface area contributed by atoms with Gasteiger partial charge in [-0.2, -0.15) is 0 Å². The number of amides is 4. The van der Waals surface area contributed by atoms with Gasteiger partial charge in [0.2, 0.25) is 5.91 Å². The van der Waals surface area contributed by atoms with E-state index in [2.05, 4.69) is 33.2 Å². The highest BCUT2D eigenvalue weighted by Gasteiger charge is 2.36. The predicted octanol–water partition coefficient (Wildman–Crippen LogP) is 4.98. The van der Waals surface area contributed by atoms with E-state index in [0.29, 0.717) is 22.7 Å². The molecule has 0 saturated carbocycles. The Bertz CT molecular complexity index is 1330. The maximum absolute atomic E-state index is 12.9. The van der Waals surface area contributed by atoms with E-state index in [0.717, 1.165) is 20.2 Å². The Morgan fingerprint density at radius 1 is 0.861 bits per heavy atom. The van der Waals surface area contributed by atoms with Crippen molar-refractivity contribution in [3.63, 3.8) is 0 Å². The molecule has 1 saturated heterocycles. The van der Waals surface area contributed by atoms with Gasteiger partial charge in [-0.1, -0.05) is 36.4 Å². The number of rotatable bonds is 8. The number of benzene rings is 3. The van der Waals surface area contributed by atoms with Crippen LogP contribution in [0.3, 0.4) is 0 Å². The molecule has 1 aliphatic heterocycles. The second kappa shape index (κ2) is 11.9. The fourth-order valence-electron chi connectivity index (χ4n) is 3.25. The number of carbonyl (C=O) groups excluding carboxylic acids is 4. The molecule has 4 amide bonds. The molecule has 0 bridgehead atoms. The predicted molar refractivity (Wildman–Crippen MR) is 147 cm³/mol. The summed E-state index contributed by atoms with van der Waals surface area (Å²) in [6, 6.07) is 23.0. The molecule has 1 fully saturated rings. The third-order valence-electron chi connectivity index (χ3n) is 4.93. The molecule has 4 rings (SSSR count). The van der Waals surface area contributed by atoms with E-state index in [1.165, 1.54) is 6.08 Å². The van der Waals surface area contributed by atoms with E-state index in [9.17, 15) is 19.2 Å². The number of hydrogen-bond donors (Lipinski definition) is 2.